The maximum atomic E-state index is 12.2. The molecular weight excluding hydrogens is 258 g/mol. The maximum Gasteiger partial charge on any atom is 0.311 e. The summed E-state index contributed by atoms with van der Waals surface area (Å²) in [5.74, 6) is -0.384. The van der Waals surface area contributed by atoms with Crippen LogP contribution in [0.5, 0.6) is 0 Å². The fraction of sp³-hybridized carbons (Fsp3) is 0.867. The van der Waals surface area contributed by atoms with Crippen LogP contribution in [0.15, 0.2) is 0 Å². The second-order valence-electron chi connectivity index (χ2n) is 6.63. The van der Waals surface area contributed by atoms with Crippen LogP contribution in [0.2, 0.25) is 0 Å². The minimum absolute atomic E-state index is 0.172. The van der Waals surface area contributed by atoms with E-state index in [-0.39, 0.29) is 12.5 Å². The van der Waals surface area contributed by atoms with Gasteiger partial charge in [-0.05, 0) is 51.4 Å². The predicted octanol–water partition coefficient (Wildman–Crippen LogP) is 1.95. The van der Waals surface area contributed by atoms with Crippen molar-refractivity contribution in [2.75, 3.05) is 13.2 Å². The van der Waals surface area contributed by atoms with Gasteiger partial charge in [-0.2, -0.15) is 0 Å². The molecule has 1 amide bonds. The molecule has 1 aliphatic carbocycles. The second kappa shape index (κ2) is 5.72. The first kappa shape index (κ1) is 15.3. The van der Waals surface area contributed by atoms with Gasteiger partial charge in [-0.15, -0.1) is 0 Å². The summed E-state index contributed by atoms with van der Waals surface area (Å²) in [6, 6.07) is 0. The smallest absolute Gasteiger partial charge is 0.311 e. The van der Waals surface area contributed by atoms with Gasteiger partial charge in [0, 0.05) is 13.2 Å². The molecule has 1 heterocycles. The Morgan fingerprint density at radius 1 is 1.30 bits per heavy atom. The Morgan fingerprint density at radius 3 is 2.45 bits per heavy atom. The lowest BCUT2D eigenvalue weighted by molar-refractivity contribution is -0.152. The summed E-state index contributed by atoms with van der Waals surface area (Å²) in [4.78, 5) is 23.8. The number of carbonyl (C=O) groups excluding carboxylic acids is 1. The highest BCUT2D eigenvalue weighted by Gasteiger charge is 2.43. The molecule has 0 radical (unpaired) electrons. The monoisotopic (exact) mass is 283 g/mol. The molecule has 20 heavy (non-hydrogen) atoms. The highest BCUT2D eigenvalue weighted by atomic mass is 16.5. The van der Waals surface area contributed by atoms with Gasteiger partial charge in [0.2, 0.25) is 0 Å². The first-order valence-electron chi connectivity index (χ1n) is 7.54. The van der Waals surface area contributed by atoms with Crippen molar-refractivity contribution in [2.24, 2.45) is 11.3 Å². The van der Waals surface area contributed by atoms with Gasteiger partial charge >= 0.3 is 5.97 Å². The van der Waals surface area contributed by atoms with Crippen molar-refractivity contribution >= 4 is 11.9 Å². The van der Waals surface area contributed by atoms with Crippen LogP contribution < -0.4 is 5.32 Å². The third kappa shape index (κ3) is 2.97. The molecule has 0 aromatic rings. The standard InChI is InChI=1S/C15H25NO4/c1-11-4-7-15(8-5-11,13(18)19)10-16-12(17)14(2)6-3-9-20-14/h11H,3-10H2,1-2H3,(H,16,17)(H,18,19). The van der Waals surface area contributed by atoms with Gasteiger partial charge in [-0.25, -0.2) is 0 Å². The molecule has 2 fully saturated rings. The van der Waals surface area contributed by atoms with Crippen LogP contribution in [0.1, 0.15) is 52.4 Å². The van der Waals surface area contributed by atoms with Crippen molar-refractivity contribution in [2.45, 2.75) is 58.0 Å². The molecule has 5 heteroatoms. The molecule has 0 aromatic carbocycles. The van der Waals surface area contributed by atoms with E-state index in [0.29, 0.717) is 31.8 Å². The molecule has 1 aliphatic heterocycles. The number of aliphatic carboxylic acids is 1. The molecule has 1 saturated carbocycles. The average molecular weight is 283 g/mol. The summed E-state index contributed by atoms with van der Waals surface area (Å²) in [6.45, 7) is 4.75. The molecule has 0 bridgehead atoms. The van der Waals surface area contributed by atoms with Crippen molar-refractivity contribution in [3.05, 3.63) is 0 Å². The summed E-state index contributed by atoms with van der Waals surface area (Å²) in [5.41, 5.74) is -1.57. The molecule has 114 valence electrons. The van der Waals surface area contributed by atoms with Crippen molar-refractivity contribution in [3.8, 4) is 0 Å². The van der Waals surface area contributed by atoms with Crippen LogP contribution >= 0.6 is 0 Å². The number of carboxylic acids is 1. The van der Waals surface area contributed by atoms with Gasteiger partial charge in [0.1, 0.15) is 5.60 Å². The average Bonchev–Trinajstić information content (AvgIpc) is 2.86. The van der Waals surface area contributed by atoms with Crippen LogP contribution in [-0.4, -0.2) is 35.7 Å². The number of ether oxygens (including phenoxy) is 1. The summed E-state index contributed by atoms with van der Waals surface area (Å²) in [5, 5.41) is 12.4. The largest absolute Gasteiger partial charge is 0.481 e. The Hall–Kier alpha value is -1.10. The van der Waals surface area contributed by atoms with E-state index < -0.39 is 17.0 Å². The first-order valence-corrected chi connectivity index (χ1v) is 7.54. The predicted molar refractivity (Wildman–Crippen MR) is 74.3 cm³/mol. The van der Waals surface area contributed by atoms with Crippen LogP contribution in [0, 0.1) is 11.3 Å². The number of rotatable bonds is 4. The highest BCUT2D eigenvalue weighted by molar-refractivity contribution is 5.86. The molecule has 2 N–H and O–H groups in total. The minimum Gasteiger partial charge on any atom is -0.481 e. The van der Waals surface area contributed by atoms with Gasteiger partial charge in [0.25, 0.3) is 5.91 Å². The lowest BCUT2D eigenvalue weighted by Crippen LogP contribution is -2.50. The zero-order valence-corrected chi connectivity index (χ0v) is 12.4. The molecule has 0 aromatic heterocycles. The van der Waals surface area contributed by atoms with Gasteiger partial charge in [0.15, 0.2) is 0 Å². The Kier molecular flexibility index (Phi) is 4.37. The number of hydrogen-bond donors (Lipinski definition) is 2. The molecule has 2 rings (SSSR count). The molecule has 1 saturated heterocycles. The van der Waals surface area contributed by atoms with Gasteiger partial charge in [-0.3, -0.25) is 9.59 Å². The van der Waals surface area contributed by atoms with Gasteiger partial charge in [0.05, 0.1) is 5.41 Å². The molecule has 5 nitrogen and oxygen atoms in total. The number of carbonyl (C=O) groups is 2. The van der Waals surface area contributed by atoms with Crippen LogP contribution in [0.4, 0.5) is 0 Å². The molecule has 2 aliphatic rings. The molecule has 0 spiro atoms. The second-order valence-corrected chi connectivity index (χ2v) is 6.63. The number of carboxylic acid groups (broad SMARTS) is 1. The first-order chi connectivity index (χ1) is 9.38. The minimum atomic E-state index is -0.795. The van der Waals surface area contributed by atoms with Crippen LogP contribution in [-0.2, 0) is 14.3 Å². The third-order valence-corrected chi connectivity index (χ3v) is 4.97. The number of amides is 1. The third-order valence-electron chi connectivity index (χ3n) is 4.97. The van der Waals surface area contributed by atoms with E-state index in [1.54, 1.807) is 6.92 Å². The van der Waals surface area contributed by atoms with Crippen molar-refractivity contribution in [1.29, 1.82) is 0 Å². The number of hydrogen-bond acceptors (Lipinski definition) is 3. The normalized spacial score (nSPS) is 37.6. The summed E-state index contributed by atoms with van der Waals surface area (Å²) < 4.78 is 5.49. The van der Waals surface area contributed by atoms with E-state index in [1.807, 2.05) is 0 Å². The fourth-order valence-electron chi connectivity index (χ4n) is 3.18. The highest BCUT2D eigenvalue weighted by Crippen LogP contribution is 2.39. The van der Waals surface area contributed by atoms with Crippen molar-refractivity contribution < 1.29 is 19.4 Å². The lowest BCUT2D eigenvalue weighted by atomic mass is 9.70. The van der Waals surface area contributed by atoms with Crippen LogP contribution in [0.25, 0.3) is 0 Å². The van der Waals surface area contributed by atoms with Crippen molar-refractivity contribution in [3.63, 3.8) is 0 Å². The van der Waals surface area contributed by atoms with Crippen LogP contribution in [0.3, 0.4) is 0 Å². The Labute approximate surface area is 120 Å². The Bertz CT molecular complexity index is 379. The van der Waals surface area contributed by atoms with E-state index in [2.05, 4.69) is 12.2 Å². The van der Waals surface area contributed by atoms with E-state index in [0.717, 1.165) is 19.3 Å². The maximum absolute atomic E-state index is 12.2. The topological polar surface area (TPSA) is 75.6 Å². The fourth-order valence-corrected chi connectivity index (χ4v) is 3.18. The Morgan fingerprint density at radius 2 is 1.95 bits per heavy atom. The SMILES string of the molecule is CC1CCC(CNC(=O)C2(C)CCCO2)(C(=O)O)CC1. The Balaban J connectivity index is 1.96. The van der Waals surface area contributed by atoms with E-state index in [4.69, 9.17) is 4.74 Å². The quantitative estimate of drug-likeness (QED) is 0.827. The number of nitrogens with one attached hydrogen (secondary N) is 1. The zero-order valence-electron chi connectivity index (χ0n) is 12.4. The molecule has 1 atom stereocenters. The van der Waals surface area contributed by atoms with E-state index >= 15 is 0 Å². The summed E-state index contributed by atoms with van der Waals surface area (Å²) in [6.07, 6.45) is 4.69. The molecular formula is C15H25NO4. The zero-order chi connectivity index (χ0) is 14.8. The van der Waals surface area contributed by atoms with E-state index in [9.17, 15) is 14.7 Å². The lowest BCUT2D eigenvalue weighted by Gasteiger charge is -2.36. The summed E-state index contributed by atoms with van der Waals surface area (Å²) in [7, 11) is 0. The molecule has 1 unspecified atom stereocenters. The van der Waals surface area contributed by atoms with E-state index in [1.165, 1.54) is 0 Å². The van der Waals surface area contributed by atoms with Gasteiger partial charge < -0.3 is 15.2 Å². The summed E-state index contributed by atoms with van der Waals surface area (Å²) >= 11 is 0. The van der Waals surface area contributed by atoms with Crippen molar-refractivity contribution in [1.82, 2.24) is 5.32 Å². The van der Waals surface area contributed by atoms with Gasteiger partial charge in [-0.1, -0.05) is 6.92 Å².